The van der Waals surface area contributed by atoms with Gasteiger partial charge in [0.2, 0.25) is 0 Å². The van der Waals surface area contributed by atoms with Gasteiger partial charge in [-0.3, -0.25) is 9.20 Å². The summed E-state index contributed by atoms with van der Waals surface area (Å²) in [5.74, 6) is -1.72. The summed E-state index contributed by atoms with van der Waals surface area (Å²) in [4.78, 5) is 25.8. The summed E-state index contributed by atoms with van der Waals surface area (Å²) in [5.41, 5.74) is 1.23. The van der Waals surface area contributed by atoms with Crippen LogP contribution in [0.15, 0.2) is 17.1 Å². The monoisotopic (exact) mass is 375 g/mol. The Kier molecular flexibility index (Phi) is 4.20. The number of likely N-dealkylation sites (N-methyl/N-ethyl adjacent to an activating group) is 1. The quantitative estimate of drug-likeness (QED) is 0.741. The molecule has 0 radical (unpaired) electrons. The van der Waals surface area contributed by atoms with E-state index in [-0.39, 0.29) is 24.1 Å². The normalized spacial score (nSPS) is 22.6. The molecule has 4 rings (SSSR count). The van der Waals surface area contributed by atoms with E-state index < -0.39 is 23.4 Å². The molecule has 1 aliphatic carbocycles. The molecule has 0 bridgehead atoms. The smallest absolute Gasteiger partial charge is 0.341 e. The van der Waals surface area contributed by atoms with Gasteiger partial charge < -0.3 is 20.4 Å². The van der Waals surface area contributed by atoms with Crippen LogP contribution in [0.2, 0.25) is 0 Å². The van der Waals surface area contributed by atoms with Crippen molar-refractivity contribution in [2.75, 3.05) is 25.0 Å². The molecule has 2 fully saturated rings. The lowest BCUT2D eigenvalue weighted by atomic mass is 10.0. The summed E-state index contributed by atoms with van der Waals surface area (Å²) in [7, 11) is 1.75. The number of nitrogens with zero attached hydrogens (tertiary/aromatic N) is 2. The van der Waals surface area contributed by atoms with E-state index in [1.54, 1.807) is 18.9 Å². The average Bonchev–Trinajstić information content (AvgIpc) is 3.38. The highest BCUT2D eigenvalue weighted by molar-refractivity contribution is 5.89. The van der Waals surface area contributed by atoms with Crippen molar-refractivity contribution in [3.8, 4) is 0 Å². The second kappa shape index (κ2) is 6.31. The Balaban J connectivity index is 1.96. The number of aromatic nitrogens is 1. The van der Waals surface area contributed by atoms with Crippen molar-refractivity contribution in [1.82, 2.24) is 9.72 Å². The first-order valence-corrected chi connectivity index (χ1v) is 9.05. The Labute approximate surface area is 155 Å². The number of fused-ring (bicyclic) bond motifs is 1. The van der Waals surface area contributed by atoms with Crippen molar-refractivity contribution in [2.24, 2.45) is 0 Å². The first-order chi connectivity index (χ1) is 12.8. The van der Waals surface area contributed by atoms with Gasteiger partial charge in [-0.15, -0.1) is 0 Å². The van der Waals surface area contributed by atoms with Crippen LogP contribution in [0.25, 0.3) is 5.52 Å². The lowest BCUT2D eigenvalue weighted by molar-refractivity contribution is 0.0694. The fourth-order valence-electron chi connectivity index (χ4n) is 4.14. The first kappa shape index (κ1) is 17.9. The zero-order valence-corrected chi connectivity index (χ0v) is 15.2. The van der Waals surface area contributed by atoms with Crippen LogP contribution in [-0.2, 0) is 0 Å². The van der Waals surface area contributed by atoms with Crippen LogP contribution in [0, 0.1) is 12.7 Å². The number of aliphatic hydroxyl groups is 1. The Morgan fingerprint density at radius 1 is 1.33 bits per heavy atom. The van der Waals surface area contributed by atoms with Gasteiger partial charge in [-0.25, -0.2) is 9.18 Å². The highest BCUT2D eigenvalue weighted by atomic mass is 19.1. The molecule has 144 valence electrons. The van der Waals surface area contributed by atoms with Gasteiger partial charge in [-0.05, 0) is 49.9 Å². The number of hydrogen-bond acceptors (Lipinski definition) is 5. The summed E-state index contributed by atoms with van der Waals surface area (Å²) in [6, 6.07) is 1.28. The van der Waals surface area contributed by atoms with Gasteiger partial charge in [0, 0.05) is 13.1 Å². The van der Waals surface area contributed by atoms with E-state index in [1.807, 2.05) is 0 Å². The Hall–Kier alpha value is -2.45. The minimum Gasteiger partial charge on any atom is -0.477 e. The van der Waals surface area contributed by atoms with E-state index in [2.05, 4.69) is 5.32 Å². The van der Waals surface area contributed by atoms with Gasteiger partial charge in [-0.2, -0.15) is 0 Å². The summed E-state index contributed by atoms with van der Waals surface area (Å²) < 4.78 is 16.1. The summed E-state index contributed by atoms with van der Waals surface area (Å²) in [6.07, 6.45) is 2.30. The van der Waals surface area contributed by atoms with E-state index in [4.69, 9.17) is 0 Å². The number of aryl methyl sites for hydroxylation is 1. The van der Waals surface area contributed by atoms with E-state index in [0.29, 0.717) is 23.3 Å². The summed E-state index contributed by atoms with van der Waals surface area (Å²) >= 11 is 0. The molecule has 0 amide bonds. The third-order valence-electron chi connectivity index (χ3n) is 5.67. The van der Waals surface area contributed by atoms with E-state index in [1.165, 1.54) is 6.07 Å². The van der Waals surface area contributed by atoms with Crippen LogP contribution in [0.1, 0.15) is 40.2 Å². The molecule has 0 aromatic carbocycles. The molecule has 2 atom stereocenters. The van der Waals surface area contributed by atoms with Crippen LogP contribution >= 0.6 is 0 Å². The lowest BCUT2D eigenvalue weighted by Gasteiger charge is -2.24. The number of β-amino-alcohol motifs (C(OH)–C–C–N with tert-alkyl or cyclic N) is 1. The molecule has 3 N–H and O–H groups in total. The zero-order valence-electron chi connectivity index (χ0n) is 15.2. The maximum absolute atomic E-state index is 15.0. The highest BCUT2D eigenvalue weighted by Crippen LogP contribution is 2.44. The van der Waals surface area contributed by atoms with Crippen LogP contribution in [-0.4, -0.2) is 52.9 Å². The Morgan fingerprint density at radius 3 is 2.59 bits per heavy atom. The molecule has 2 aliphatic rings. The zero-order chi connectivity index (χ0) is 19.5. The molecular formula is C19H22FN3O4. The molecule has 3 heterocycles. The summed E-state index contributed by atoms with van der Waals surface area (Å²) in [5, 5.41) is 22.5. The lowest BCUT2D eigenvalue weighted by Crippen LogP contribution is -2.36. The third kappa shape index (κ3) is 2.80. The van der Waals surface area contributed by atoms with Crippen molar-refractivity contribution >= 4 is 17.2 Å². The summed E-state index contributed by atoms with van der Waals surface area (Å²) in [6.45, 7) is 2.48. The van der Waals surface area contributed by atoms with Crippen LogP contribution < -0.4 is 15.8 Å². The van der Waals surface area contributed by atoms with Crippen LogP contribution in [0.4, 0.5) is 10.1 Å². The third-order valence-corrected chi connectivity index (χ3v) is 5.67. The number of aromatic carboxylic acids is 1. The minimum atomic E-state index is -1.31. The fraction of sp³-hybridized carbons (Fsp3) is 0.474. The van der Waals surface area contributed by atoms with Gasteiger partial charge in [0.05, 0.1) is 29.5 Å². The van der Waals surface area contributed by atoms with E-state index in [9.17, 15) is 19.8 Å². The molecule has 8 heteroatoms. The largest absolute Gasteiger partial charge is 0.477 e. The molecule has 2 aromatic heterocycles. The van der Waals surface area contributed by atoms with Crippen LogP contribution in [0.3, 0.4) is 0 Å². The van der Waals surface area contributed by atoms with Gasteiger partial charge in [0.1, 0.15) is 5.56 Å². The van der Waals surface area contributed by atoms with Crippen LogP contribution in [0.5, 0.6) is 0 Å². The number of rotatable bonds is 4. The molecule has 0 spiro atoms. The number of carboxylic acids is 1. The van der Waals surface area contributed by atoms with Gasteiger partial charge in [0.25, 0.3) is 5.56 Å². The second-order valence-corrected chi connectivity index (χ2v) is 7.43. The minimum absolute atomic E-state index is 0.167. The topological polar surface area (TPSA) is 94.3 Å². The molecular weight excluding hydrogens is 353 g/mol. The number of hydrogen-bond donors (Lipinski definition) is 3. The number of carbonyl (C=O) groups is 1. The first-order valence-electron chi connectivity index (χ1n) is 9.05. The Morgan fingerprint density at radius 2 is 2.04 bits per heavy atom. The predicted octanol–water partition coefficient (Wildman–Crippen LogP) is 1.09. The number of aliphatic hydroxyl groups excluding tert-OH is 1. The molecule has 2 aromatic rings. The van der Waals surface area contributed by atoms with Crippen molar-refractivity contribution in [3.63, 3.8) is 0 Å². The molecule has 1 saturated carbocycles. The van der Waals surface area contributed by atoms with Gasteiger partial charge in [0.15, 0.2) is 5.82 Å². The fourth-order valence-corrected chi connectivity index (χ4v) is 4.14. The maximum atomic E-state index is 15.0. The molecule has 1 aliphatic heterocycles. The SMILES string of the molecule is CNC1CN(c2c(F)cn3c(=O)c(C(=O)O)cc(C4CC4)c3c2C)CC1O. The van der Waals surface area contributed by atoms with Crippen molar-refractivity contribution in [2.45, 2.75) is 37.8 Å². The predicted molar refractivity (Wildman–Crippen MR) is 98.4 cm³/mol. The number of anilines is 1. The number of halogens is 1. The highest BCUT2D eigenvalue weighted by Gasteiger charge is 2.34. The Bertz CT molecular complexity index is 999. The van der Waals surface area contributed by atoms with Gasteiger partial charge in [-0.1, -0.05) is 0 Å². The van der Waals surface area contributed by atoms with E-state index >= 15 is 4.39 Å². The molecule has 1 saturated heterocycles. The van der Waals surface area contributed by atoms with Gasteiger partial charge >= 0.3 is 5.97 Å². The van der Waals surface area contributed by atoms with E-state index in [0.717, 1.165) is 29.0 Å². The number of carboxylic acid groups (broad SMARTS) is 1. The standard InChI is InChI=1S/C19H22FN3O4/c1-9-16-11(10-3-4-10)5-12(19(26)27)18(25)23(16)6-13(20)17(9)22-7-14(21-2)15(24)8-22/h5-6,10,14-15,21,24H,3-4,7-8H2,1-2H3,(H,26,27). The number of pyridine rings is 2. The number of nitrogens with one attached hydrogen (secondary N) is 1. The van der Waals surface area contributed by atoms with Crippen molar-refractivity contribution in [1.29, 1.82) is 0 Å². The maximum Gasteiger partial charge on any atom is 0.341 e. The second-order valence-electron chi connectivity index (χ2n) is 7.43. The average molecular weight is 375 g/mol. The molecule has 27 heavy (non-hydrogen) atoms. The van der Waals surface area contributed by atoms with Crippen molar-refractivity contribution in [3.05, 3.63) is 45.1 Å². The molecule has 7 nitrogen and oxygen atoms in total. The molecule has 2 unspecified atom stereocenters. The van der Waals surface area contributed by atoms with Crippen molar-refractivity contribution < 1.29 is 19.4 Å².